The molecule has 0 radical (unpaired) electrons. The van der Waals surface area contributed by atoms with E-state index in [1.165, 1.54) is 0 Å². The van der Waals surface area contributed by atoms with Gasteiger partial charge in [-0.05, 0) is 43.9 Å². The third-order valence-electron chi connectivity index (χ3n) is 3.72. The summed E-state index contributed by atoms with van der Waals surface area (Å²) in [6.07, 6.45) is 0. The van der Waals surface area contributed by atoms with Crippen LogP contribution in [0.3, 0.4) is 0 Å². The first kappa shape index (κ1) is 18.5. The molecule has 0 aliphatic heterocycles. The summed E-state index contributed by atoms with van der Waals surface area (Å²) in [4.78, 5) is 26.1. The minimum absolute atomic E-state index is 0.102. The normalized spacial score (nSPS) is 10.5. The van der Waals surface area contributed by atoms with E-state index in [0.717, 1.165) is 12.1 Å². The van der Waals surface area contributed by atoms with Crippen molar-refractivity contribution < 1.29 is 9.59 Å². The second kappa shape index (κ2) is 8.84. The summed E-state index contributed by atoms with van der Waals surface area (Å²) in [6, 6.07) is 14.1. The first-order chi connectivity index (χ1) is 12.0. The largest absolute Gasteiger partial charge is 0.398 e. The molecule has 0 unspecified atom stereocenters. The molecule has 0 aliphatic carbocycles. The van der Waals surface area contributed by atoms with Crippen LogP contribution in [0.15, 0.2) is 48.5 Å². The van der Waals surface area contributed by atoms with Gasteiger partial charge in [0.25, 0.3) is 11.8 Å². The second-order valence-corrected chi connectivity index (χ2v) is 6.03. The second-order valence-electron chi connectivity index (χ2n) is 6.03. The molecule has 2 aromatic rings. The van der Waals surface area contributed by atoms with Crippen LogP contribution in [-0.2, 0) is 6.54 Å². The Balaban J connectivity index is 1.87. The predicted molar refractivity (Wildman–Crippen MR) is 99.4 cm³/mol. The number of anilines is 1. The van der Waals surface area contributed by atoms with Crippen LogP contribution in [-0.4, -0.2) is 43.9 Å². The molecule has 0 bridgehead atoms. The zero-order chi connectivity index (χ0) is 18.2. The number of likely N-dealkylation sites (N-methyl/N-ethyl adjacent to an activating group) is 1. The van der Waals surface area contributed by atoms with E-state index in [2.05, 4.69) is 10.6 Å². The molecule has 0 saturated carbocycles. The zero-order valence-corrected chi connectivity index (χ0v) is 14.6. The summed E-state index contributed by atoms with van der Waals surface area (Å²) in [5.41, 5.74) is 8.21. The fourth-order valence-corrected chi connectivity index (χ4v) is 2.25. The molecule has 0 saturated heterocycles. The number of nitrogens with zero attached hydrogens (tertiary/aromatic N) is 1. The summed E-state index contributed by atoms with van der Waals surface area (Å²) < 4.78 is 0. The van der Waals surface area contributed by atoms with Gasteiger partial charge in [-0.3, -0.25) is 9.59 Å². The maximum absolute atomic E-state index is 12.1. The van der Waals surface area contributed by atoms with Crippen molar-refractivity contribution in [1.29, 1.82) is 0 Å². The van der Waals surface area contributed by atoms with E-state index in [1.807, 2.05) is 31.1 Å². The number of hydrogen-bond donors (Lipinski definition) is 3. The van der Waals surface area contributed by atoms with E-state index < -0.39 is 0 Å². The van der Waals surface area contributed by atoms with Gasteiger partial charge in [0.05, 0.1) is 5.56 Å². The van der Waals surface area contributed by atoms with Crippen LogP contribution in [0.5, 0.6) is 0 Å². The monoisotopic (exact) mass is 340 g/mol. The van der Waals surface area contributed by atoms with E-state index in [1.54, 1.807) is 36.4 Å². The molecule has 4 N–H and O–H groups in total. The predicted octanol–water partition coefficient (Wildman–Crippen LogP) is 1.49. The van der Waals surface area contributed by atoms with Gasteiger partial charge in [-0.15, -0.1) is 0 Å². The molecule has 0 atom stereocenters. The Bertz CT molecular complexity index is 726. The first-order valence-corrected chi connectivity index (χ1v) is 8.12. The molecule has 6 heteroatoms. The van der Waals surface area contributed by atoms with E-state index >= 15 is 0 Å². The molecule has 132 valence electrons. The number of carbonyl (C=O) groups excluding carboxylic acids is 2. The van der Waals surface area contributed by atoms with Crippen LogP contribution in [0, 0.1) is 0 Å². The molecule has 2 rings (SSSR count). The molecular weight excluding hydrogens is 316 g/mol. The molecule has 0 heterocycles. The van der Waals surface area contributed by atoms with Crippen molar-refractivity contribution in [3.05, 3.63) is 65.2 Å². The van der Waals surface area contributed by atoms with Crippen molar-refractivity contribution in [2.45, 2.75) is 6.54 Å². The average Bonchev–Trinajstić information content (AvgIpc) is 2.60. The lowest BCUT2D eigenvalue weighted by Gasteiger charge is -2.11. The fraction of sp³-hybridized carbons (Fsp3) is 0.263. The molecular formula is C19H24N4O2. The number of nitrogens with two attached hydrogens (primary N) is 1. The van der Waals surface area contributed by atoms with Crippen molar-refractivity contribution in [2.24, 2.45) is 0 Å². The fourth-order valence-electron chi connectivity index (χ4n) is 2.25. The third kappa shape index (κ3) is 5.61. The lowest BCUT2D eigenvalue weighted by Crippen LogP contribution is -2.31. The number of amides is 2. The van der Waals surface area contributed by atoms with Crippen molar-refractivity contribution in [3.8, 4) is 0 Å². The number of nitrogen functional groups attached to an aromatic ring is 1. The maximum Gasteiger partial charge on any atom is 0.253 e. The summed E-state index contributed by atoms with van der Waals surface area (Å²) in [5, 5.41) is 5.69. The van der Waals surface area contributed by atoms with Gasteiger partial charge in [0.1, 0.15) is 0 Å². The van der Waals surface area contributed by atoms with E-state index in [-0.39, 0.29) is 11.8 Å². The van der Waals surface area contributed by atoms with Crippen LogP contribution in [0.2, 0.25) is 0 Å². The van der Waals surface area contributed by atoms with Crippen molar-refractivity contribution >= 4 is 17.5 Å². The van der Waals surface area contributed by atoms with E-state index in [0.29, 0.717) is 29.9 Å². The van der Waals surface area contributed by atoms with E-state index in [9.17, 15) is 9.59 Å². The van der Waals surface area contributed by atoms with Crippen molar-refractivity contribution in [1.82, 2.24) is 15.5 Å². The topological polar surface area (TPSA) is 87.5 Å². The van der Waals surface area contributed by atoms with Gasteiger partial charge in [-0.1, -0.05) is 24.3 Å². The number of nitrogens with one attached hydrogen (secondary N) is 2. The quantitative estimate of drug-likeness (QED) is 0.667. The third-order valence-corrected chi connectivity index (χ3v) is 3.72. The lowest BCUT2D eigenvalue weighted by atomic mass is 10.1. The maximum atomic E-state index is 12.1. The van der Waals surface area contributed by atoms with Crippen LogP contribution in [0.4, 0.5) is 5.69 Å². The number of benzene rings is 2. The summed E-state index contributed by atoms with van der Waals surface area (Å²) >= 11 is 0. The van der Waals surface area contributed by atoms with Gasteiger partial charge < -0.3 is 21.3 Å². The van der Waals surface area contributed by atoms with Gasteiger partial charge in [0.2, 0.25) is 0 Å². The molecule has 0 aliphatic rings. The highest BCUT2D eigenvalue weighted by Crippen LogP contribution is 2.11. The van der Waals surface area contributed by atoms with Gasteiger partial charge in [0, 0.05) is 30.9 Å². The Morgan fingerprint density at radius 3 is 2.28 bits per heavy atom. The molecule has 2 amide bonds. The molecule has 25 heavy (non-hydrogen) atoms. The first-order valence-electron chi connectivity index (χ1n) is 8.12. The number of rotatable bonds is 7. The van der Waals surface area contributed by atoms with Gasteiger partial charge >= 0.3 is 0 Å². The molecule has 0 spiro atoms. The van der Waals surface area contributed by atoms with Crippen LogP contribution in [0.25, 0.3) is 0 Å². The molecule has 6 nitrogen and oxygen atoms in total. The van der Waals surface area contributed by atoms with E-state index in [4.69, 9.17) is 5.73 Å². The van der Waals surface area contributed by atoms with Crippen molar-refractivity contribution in [2.75, 3.05) is 32.9 Å². The van der Waals surface area contributed by atoms with Crippen molar-refractivity contribution in [3.63, 3.8) is 0 Å². The Labute approximate surface area is 148 Å². The SMILES string of the molecule is CN(C)CCNC(=O)c1ccc(CNC(=O)c2ccccc2N)cc1. The highest BCUT2D eigenvalue weighted by molar-refractivity contribution is 5.99. The smallest absolute Gasteiger partial charge is 0.253 e. The number of para-hydroxylation sites is 1. The highest BCUT2D eigenvalue weighted by Gasteiger charge is 2.09. The Kier molecular flexibility index (Phi) is 6.54. The lowest BCUT2D eigenvalue weighted by molar-refractivity contribution is 0.0942. The summed E-state index contributed by atoms with van der Waals surface area (Å²) in [7, 11) is 3.91. The summed E-state index contributed by atoms with van der Waals surface area (Å²) in [6.45, 7) is 1.76. The number of hydrogen-bond acceptors (Lipinski definition) is 4. The standard InChI is InChI=1S/C19H24N4O2/c1-23(2)12-11-21-18(24)15-9-7-14(8-10-15)13-22-19(25)16-5-3-4-6-17(16)20/h3-10H,11-13,20H2,1-2H3,(H,21,24)(H,22,25). The highest BCUT2D eigenvalue weighted by atomic mass is 16.2. The number of carbonyl (C=O) groups is 2. The molecule has 2 aromatic carbocycles. The van der Waals surface area contributed by atoms with Gasteiger partial charge in [-0.25, -0.2) is 0 Å². The average molecular weight is 340 g/mol. The minimum Gasteiger partial charge on any atom is -0.398 e. The molecule has 0 aromatic heterocycles. The molecule has 0 fully saturated rings. The zero-order valence-electron chi connectivity index (χ0n) is 14.6. The Hall–Kier alpha value is -2.86. The van der Waals surface area contributed by atoms with Gasteiger partial charge in [-0.2, -0.15) is 0 Å². The Morgan fingerprint density at radius 2 is 1.64 bits per heavy atom. The van der Waals surface area contributed by atoms with Crippen LogP contribution < -0.4 is 16.4 Å². The van der Waals surface area contributed by atoms with Crippen LogP contribution in [0.1, 0.15) is 26.3 Å². The minimum atomic E-state index is -0.219. The van der Waals surface area contributed by atoms with Gasteiger partial charge in [0.15, 0.2) is 0 Å². The summed E-state index contributed by atoms with van der Waals surface area (Å²) in [5.74, 6) is -0.321. The Morgan fingerprint density at radius 1 is 0.960 bits per heavy atom. The van der Waals surface area contributed by atoms with Crippen LogP contribution >= 0.6 is 0 Å².